The molecule has 0 saturated carbocycles. The van der Waals surface area contributed by atoms with Gasteiger partial charge in [-0.1, -0.05) is 13.8 Å². The second kappa shape index (κ2) is 5.80. The van der Waals surface area contributed by atoms with Crippen LogP contribution >= 0.6 is 11.3 Å². The molecule has 1 saturated heterocycles. The van der Waals surface area contributed by atoms with Gasteiger partial charge in [-0.05, 0) is 19.4 Å². The number of aliphatic carboxylic acids is 1. The lowest BCUT2D eigenvalue weighted by Gasteiger charge is -2.29. The highest BCUT2D eigenvalue weighted by molar-refractivity contribution is 7.09. The van der Waals surface area contributed by atoms with Crippen LogP contribution in [0.4, 0.5) is 0 Å². The molecule has 100 valence electrons. The number of carboxylic acid groups (broad SMARTS) is 1. The number of nitrogens with zero attached hydrogens (tertiary/aromatic N) is 2. The molecule has 2 heterocycles. The van der Waals surface area contributed by atoms with Crippen molar-refractivity contribution in [3.05, 3.63) is 16.1 Å². The average Bonchev–Trinajstić information content (AvgIpc) is 2.78. The van der Waals surface area contributed by atoms with E-state index in [1.165, 1.54) is 0 Å². The minimum Gasteiger partial charge on any atom is -0.481 e. The summed E-state index contributed by atoms with van der Waals surface area (Å²) in [6, 6.07) is 0. The molecule has 0 aliphatic carbocycles. The van der Waals surface area contributed by atoms with E-state index >= 15 is 0 Å². The van der Waals surface area contributed by atoms with Gasteiger partial charge in [0, 0.05) is 24.4 Å². The minimum absolute atomic E-state index is 0.207. The number of hydrogen-bond donors (Lipinski definition) is 1. The lowest BCUT2D eigenvalue weighted by molar-refractivity contribution is -0.143. The third-order valence-electron chi connectivity index (χ3n) is 3.30. The molecular formula is C13H20N2O2S. The smallest absolute Gasteiger partial charge is 0.307 e. The van der Waals surface area contributed by atoms with Gasteiger partial charge in [0.15, 0.2) is 0 Å². The standard InChI is InChI=1S/C13H20N2O2S/c1-9(2)12-14-11(8-18-12)7-15-5-3-4-10(6-15)13(16)17/h8-10H,3-7H2,1-2H3,(H,16,17). The summed E-state index contributed by atoms with van der Waals surface area (Å²) >= 11 is 1.70. The number of rotatable bonds is 4. The first-order chi connectivity index (χ1) is 8.56. The summed E-state index contributed by atoms with van der Waals surface area (Å²) in [5, 5.41) is 12.3. The molecule has 1 aliphatic heterocycles. The number of carboxylic acids is 1. The van der Waals surface area contributed by atoms with Crippen LogP contribution in [-0.2, 0) is 11.3 Å². The van der Waals surface area contributed by atoms with Crippen LogP contribution in [0.3, 0.4) is 0 Å². The lowest BCUT2D eigenvalue weighted by Crippen LogP contribution is -2.38. The molecule has 18 heavy (non-hydrogen) atoms. The number of thiazole rings is 1. The summed E-state index contributed by atoms with van der Waals surface area (Å²) in [6.45, 7) is 6.71. The highest BCUT2D eigenvalue weighted by atomic mass is 32.1. The molecule has 4 nitrogen and oxygen atoms in total. The molecule has 5 heteroatoms. The van der Waals surface area contributed by atoms with Crippen molar-refractivity contribution >= 4 is 17.3 Å². The molecule has 1 aliphatic rings. The zero-order valence-electron chi connectivity index (χ0n) is 10.9. The number of aromatic nitrogens is 1. The molecule has 0 spiro atoms. The Labute approximate surface area is 112 Å². The van der Waals surface area contributed by atoms with Crippen molar-refractivity contribution in [2.45, 2.75) is 39.2 Å². The van der Waals surface area contributed by atoms with Crippen molar-refractivity contribution in [3.63, 3.8) is 0 Å². The second-order valence-electron chi connectivity index (χ2n) is 5.24. The maximum Gasteiger partial charge on any atom is 0.307 e. The fourth-order valence-corrected chi connectivity index (χ4v) is 3.12. The molecule has 0 amide bonds. The molecule has 0 radical (unpaired) electrons. The van der Waals surface area contributed by atoms with E-state index in [0.717, 1.165) is 36.6 Å². The van der Waals surface area contributed by atoms with Gasteiger partial charge in [0.1, 0.15) is 0 Å². The topological polar surface area (TPSA) is 53.4 Å². The Morgan fingerprint density at radius 1 is 1.67 bits per heavy atom. The van der Waals surface area contributed by atoms with E-state index in [1.54, 1.807) is 11.3 Å². The lowest BCUT2D eigenvalue weighted by atomic mass is 9.98. The monoisotopic (exact) mass is 268 g/mol. The van der Waals surface area contributed by atoms with E-state index in [9.17, 15) is 4.79 Å². The number of hydrogen-bond acceptors (Lipinski definition) is 4. The van der Waals surface area contributed by atoms with Gasteiger partial charge in [-0.3, -0.25) is 9.69 Å². The quantitative estimate of drug-likeness (QED) is 0.912. The Balaban J connectivity index is 1.94. The van der Waals surface area contributed by atoms with Crippen molar-refractivity contribution < 1.29 is 9.90 Å². The predicted molar refractivity (Wildman–Crippen MR) is 71.8 cm³/mol. The van der Waals surface area contributed by atoms with Gasteiger partial charge in [-0.15, -0.1) is 11.3 Å². The third kappa shape index (κ3) is 3.29. The normalized spacial score (nSPS) is 21.4. The van der Waals surface area contributed by atoms with Gasteiger partial charge in [0.25, 0.3) is 0 Å². The van der Waals surface area contributed by atoms with Gasteiger partial charge in [0.05, 0.1) is 16.6 Å². The average molecular weight is 268 g/mol. The fraction of sp³-hybridized carbons (Fsp3) is 0.692. The molecule has 2 rings (SSSR count). The number of carbonyl (C=O) groups is 1. The van der Waals surface area contributed by atoms with Crippen LogP contribution in [0.15, 0.2) is 5.38 Å². The summed E-state index contributed by atoms with van der Waals surface area (Å²) in [7, 11) is 0. The predicted octanol–water partition coefficient (Wildman–Crippen LogP) is 2.56. The Morgan fingerprint density at radius 2 is 2.44 bits per heavy atom. The Kier molecular flexibility index (Phi) is 4.35. The van der Waals surface area contributed by atoms with Crippen LogP contribution in [0.2, 0.25) is 0 Å². The van der Waals surface area contributed by atoms with E-state index < -0.39 is 5.97 Å². The number of piperidine rings is 1. The van der Waals surface area contributed by atoms with Crippen molar-refractivity contribution in [1.29, 1.82) is 0 Å². The van der Waals surface area contributed by atoms with Crippen LogP contribution in [0, 0.1) is 5.92 Å². The maximum absolute atomic E-state index is 11.0. The van der Waals surface area contributed by atoms with Gasteiger partial charge >= 0.3 is 5.97 Å². The molecular weight excluding hydrogens is 248 g/mol. The zero-order chi connectivity index (χ0) is 13.1. The summed E-state index contributed by atoms with van der Waals surface area (Å²) in [4.78, 5) is 17.8. The highest BCUT2D eigenvalue weighted by Crippen LogP contribution is 2.22. The van der Waals surface area contributed by atoms with E-state index in [0.29, 0.717) is 12.5 Å². The molecule has 1 unspecified atom stereocenters. The zero-order valence-corrected chi connectivity index (χ0v) is 11.7. The Bertz CT molecular complexity index is 417. The van der Waals surface area contributed by atoms with E-state index in [4.69, 9.17) is 5.11 Å². The second-order valence-corrected chi connectivity index (χ2v) is 6.13. The first-order valence-electron chi connectivity index (χ1n) is 6.45. The maximum atomic E-state index is 11.0. The summed E-state index contributed by atoms with van der Waals surface area (Å²) in [5.41, 5.74) is 1.08. The van der Waals surface area contributed by atoms with Crippen LogP contribution in [0.5, 0.6) is 0 Å². The molecule has 1 atom stereocenters. The molecule has 1 aromatic heterocycles. The summed E-state index contributed by atoms with van der Waals surface area (Å²) in [6.07, 6.45) is 1.78. The fourth-order valence-electron chi connectivity index (χ4n) is 2.29. The Hall–Kier alpha value is -0.940. The van der Waals surface area contributed by atoms with Crippen LogP contribution in [0.1, 0.15) is 43.3 Å². The van der Waals surface area contributed by atoms with Gasteiger partial charge in [0.2, 0.25) is 0 Å². The molecule has 1 fully saturated rings. The van der Waals surface area contributed by atoms with Crippen molar-refractivity contribution in [1.82, 2.24) is 9.88 Å². The third-order valence-corrected chi connectivity index (χ3v) is 4.50. The molecule has 0 bridgehead atoms. The van der Waals surface area contributed by atoms with Crippen LogP contribution < -0.4 is 0 Å². The van der Waals surface area contributed by atoms with Gasteiger partial charge in [-0.2, -0.15) is 0 Å². The number of likely N-dealkylation sites (tertiary alicyclic amines) is 1. The highest BCUT2D eigenvalue weighted by Gasteiger charge is 2.25. The Morgan fingerprint density at radius 3 is 3.06 bits per heavy atom. The first-order valence-corrected chi connectivity index (χ1v) is 7.33. The van der Waals surface area contributed by atoms with Crippen molar-refractivity contribution in [2.75, 3.05) is 13.1 Å². The van der Waals surface area contributed by atoms with Crippen molar-refractivity contribution in [2.24, 2.45) is 5.92 Å². The van der Waals surface area contributed by atoms with Crippen molar-refractivity contribution in [3.8, 4) is 0 Å². The van der Waals surface area contributed by atoms with Crippen LogP contribution in [0.25, 0.3) is 0 Å². The molecule has 1 N–H and O–H groups in total. The SMILES string of the molecule is CC(C)c1nc(CN2CCCC(C(=O)O)C2)cs1. The van der Waals surface area contributed by atoms with Gasteiger partial charge < -0.3 is 5.11 Å². The van der Waals surface area contributed by atoms with Crippen LogP contribution in [-0.4, -0.2) is 34.0 Å². The summed E-state index contributed by atoms with van der Waals surface area (Å²) < 4.78 is 0. The largest absolute Gasteiger partial charge is 0.481 e. The van der Waals surface area contributed by atoms with E-state index in [2.05, 4.69) is 29.1 Å². The minimum atomic E-state index is -0.666. The van der Waals surface area contributed by atoms with E-state index in [-0.39, 0.29) is 5.92 Å². The molecule has 1 aromatic rings. The summed E-state index contributed by atoms with van der Waals surface area (Å²) in [5.74, 6) is -0.403. The van der Waals surface area contributed by atoms with Gasteiger partial charge in [-0.25, -0.2) is 4.98 Å². The molecule has 0 aromatic carbocycles. The van der Waals surface area contributed by atoms with E-state index in [1.807, 2.05) is 0 Å². The first kappa shape index (κ1) is 13.5.